The van der Waals surface area contributed by atoms with Crippen molar-refractivity contribution in [1.29, 1.82) is 0 Å². The van der Waals surface area contributed by atoms with E-state index in [1.807, 2.05) is 19.0 Å². The van der Waals surface area contributed by atoms with Crippen LogP contribution in [0.3, 0.4) is 0 Å². The minimum atomic E-state index is -0.373. The number of aliphatic hydroxyl groups excluding tert-OH is 1. The fourth-order valence-electron chi connectivity index (χ4n) is 3.24. The Labute approximate surface area is 115 Å². The average molecular weight is 269 g/mol. The molecule has 1 heterocycles. The third-order valence-electron chi connectivity index (χ3n) is 4.16. The molecule has 1 aliphatic heterocycles. The molecule has 2 aliphatic rings. The highest BCUT2D eigenvalue weighted by atomic mass is 16.3. The van der Waals surface area contributed by atoms with Crippen LogP contribution in [0.5, 0.6) is 0 Å². The molecule has 1 aliphatic carbocycles. The number of aliphatic hydroxyl groups is 1. The van der Waals surface area contributed by atoms with Gasteiger partial charge in [-0.25, -0.2) is 4.79 Å². The average Bonchev–Trinajstić information content (AvgIpc) is 2.70. The highest BCUT2D eigenvalue weighted by Crippen LogP contribution is 2.21. The maximum atomic E-state index is 12.3. The van der Waals surface area contributed by atoms with E-state index in [2.05, 4.69) is 10.2 Å². The molecule has 0 aromatic carbocycles. The summed E-state index contributed by atoms with van der Waals surface area (Å²) in [6, 6.07) is 0.475. The van der Waals surface area contributed by atoms with Crippen LogP contribution in [0.2, 0.25) is 0 Å². The number of carbonyl (C=O) groups excluding carboxylic acids is 1. The number of nitrogens with one attached hydrogen (secondary N) is 1. The highest BCUT2D eigenvalue weighted by Gasteiger charge is 2.35. The Hall–Kier alpha value is -0.810. The molecule has 2 atom stereocenters. The van der Waals surface area contributed by atoms with Crippen LogP contribution < -0.4 is 5.32 Å². The van der Waals surface area contributed by atoms with E-state index in [4.69, 9.17) is 0 Å². The molecule has 5 nitrogen and oxygen atoms in total. The fourth-order valence-corrected chi connectivity index (χ4v) is 3.24. The van der Waals surface area contributed by atoms with Gasteiger partial charge in [0.2, 0.25) is 0 Å². The number of β-amino-alcohol motifs (C(OH)–C–C–N with tert-alkyl or cyclic N) is 1. The van der Waals surface area contributed by atoms with E-state index < -0.39 is 0 Å². The number of urea groups is 1. The Kier molecular flexibility index (Phi) is 5.05. The second kappa shape index (κ2) is 6.57. The van der Waals surface area contributed by atoms with Gasteiger partial charge in [-0.15, -0.1) is 0 Å². The zero-order valence-electron chi connectivity index (χ0n) is 12.1. The summed E-state index contributed by atoms with van der Waals surface area (Å²) in [7, 11) is 4.00. The first-order chi connectivity index (χ1) is 9.06. The second-order valence-corrected chi connectivity index (χ2v) is 6.24. The normalized spacial score (nSPS) is 28.9. The summed E-state index contributed by atoms with van der Waals surface area (Å²) >= 11 is 0. The van der Waals surface area contributed by atoms with E-state index in [1.165, 1.54) is 19.3 Å². The Balaban J connectivity index is 1.88. The summed E-state index contributed by atoms with van der Waals surface area (Å²) in [6.45, 7) is 1.28. The molecular weight excluding hydrogens is 242 g/mol. The minimum Gasteiger partial charge on any atom is -0.391 e. The fraction of sp³-hybridized carbons (Fsp3) is 0.929. The van der Waals surface area contributed by atoms with Crippen molar-refractivity contribution in [2.75, 3.05) is 27.2 Å². The van der Waals surface area contributed by atoms with Gasteiger partial charge in [0, 0.05) is 25.2 Å². The van der Waals surface area contributed by atoms with Gasteiger partial charge in [0.15, 0.2) is 0 Å². The molecule has 2 unspecified atom stereocenters. The number of amides is 2. The first-order valence-corrected chi connectivity index (χ1v) is 7.46. The van der Waals surface area contributed by atoms with Crippen molar-refractivity contribution in [3.05, 3.63) is 0 Å². The third-order valence-corrected chi connectivity index (χ3v) is 4.16. The van der Waals surface area contributed by atoms with E-state index in [-0.39, 0.29) is 18.2 Å². The van der Waals surface area contributed by atoms with Crippen molar-refractivity contribution < 1.29 is 9.90 Å². The smallest absolute Gasteiger partial charge is 0.318 e. The van der Waals surface area contributed by atoms with Crippen molar-refractivity contribution >= 4 is 6.03 Å². The topological polar surface area (TPSA) is 55.8 Å². The molecule has 1 saturated heterocycles. The molecular formula is C14H27N3O2. The predicted octanol–water partition coefficient (Wildman–Crippen LogP) is 1.03. The maximum absolute atomic E-state index is 12.3. The molecule has 0 radical (unpaired) electrons. The lowest BCUT2D eigenvalue weighted by atomic mass is 9.96. The molecule has 19 heavy (non-hydrogen) atoms. The summed E-state index contributed by atoms with van der Waals surface area (Å²) in [4.78, 5) is 16.2. The van der Waals surface area contributed by atoms with Crippen LogP contribution in [0.25, 0.3) is 0 Å². The van der Waals surface area contributed by atoms with Gasteiger partial charge in [0.25, 0.3) is 0 Å². The monoisotopic (exact) mass is 269 g/mol. The molecule has 110 valence electrons. The predicted molar refractivity (Wildman–Crippen MR) is 75.1 cm³/mol. The summed E-state index contributed by atoms with van der Waals surface area (Å²) in [6.07, 6.45) is 6.24. The molecule has 2 rings (SSSR count). The lowest BCUT2D eigenvalue weighted by molar-refractivity contribution is 0.162. The molecule has 5 heteroatoms. The van der Waals surface area contributed by atoms with Crippen molar-refractivity contribution in [1.82, 2.24) is 15.1 Å². The van der Waals surface area contributed by atoms with E-state index in [9.17, 15) is 9.90 Å². The molecule has 1 saturated carbocycles. The summed E-state index contributed by atoms with van der Waals surface area (Å²) in [5.41, 5.74) is 0. The van der Waals surface area contributed by atoms with Gasteiger partial charge in [-0.05, 0) is 33.4 Å². The van der Waals surface area contributed by atoms with Crippen LogP contribution in [0, 0.1) is 0 Å². The number of likely N-dealkylation sites (tertiary alicyclic amines) is 1. The van der Waals surface area contributed by atoms with Gasteiger partial charge < -0.3 is 20.2 Å². The number of carbonyl (C=O) groups is 1. The molecule has 0 aromatic heterocycles. The zero-order chi connectivity index (χ0) is 13.8. The summed E-state index contributed by atoms with van der Waals surface area (Å²) < 4.78 is 0. The molecule has 2 fully saturated rings. The van der Waals surface area contributed by atoms with Crippen LogP contribution in [0.4, 0.5) is 4.79 Å². The van der Waals surface area contributed by atoms with Crippen molar-refractivity contribution in [3.63, 3.8) is 0 Å². The molecule has 0 bridgehead atoms. The number of nitrogens with zero attached hydrogens (tertiary/aromatic N) is 2. The minimum absolute atomic E-state index is 0.00954. The first kappa shape index (κ1) is 14.6. The Morgan fingerprint density at radius 2 is 2.00 bits per heavy atom. The van der Waals surface area contributed by atoms with Crippen LogP contribution in [0.1, 0.15) is 38.5 Å². The van der Waals surface area contributed by atoms with Gasteiger partial charge >= 0.3 is 6.03 Å². The van der Waals surface area contributed by atoms with E-state index >= 15 is 0 Å². The number of rotatable bonds is 3. The number of hydrogen-bond donors (Lipinski definition) is 2. The van der Waals surface area contributed by atoms with Crippen molar-refractivity contribution in [3.8, 4) is 0 Å². The van der Waals surface area contributed by atoms with E-state index in [0.29, 0.717) is 19.0 Å². The largest absolute Gasteiger partial charge is 0.391 e. The number of likely N-dealkylation sites (N-methyl/N-ethyl adjacent to an activating group) is 1. The van der Waals surface area contributed by atoms with Crippen LogP contribution in [-0.2, 0) is 0 Å². The summed E-state index contributed by atoms with van der Waals surface area (Å²) in [5, 5.41) is 12.9. The SMILES string of the molecule is CN(C)CC1CC(O)CN1C(=O)NC1CCCCC1. The lowest BCUT2D eigenvalue weighted by Crippen LogP contribution is -2.49. The highest BCUT2D eigenvalue weighted by molar-refractivity contribution is 5.75. The molecule has 2 N–H and O–H groups in total. The van der Waals surface area contributed by atoms with Crippen molar-refractivity contribution in [2.45, 2.75) is 56.7 Å². The zero-order valence-corrected chi connectivity index (χ0v) is 12.1. The van der Waals surface area contributed by atoms with Gasteiger partial charge in [-0.1, -0.05) is 19.3 Å². The first-order valence-electron chi connectivity index (χ1n) is 7.46. The van der Waals surface area contributed by atoms with Gasteiger partial charge in [-0.2, -0.15) is 0 Å². The van der Waals surface area contributed by atoms with E-state index in [0.717, 1.165) is 19.4 Å². The lowest BCUT2D eigenvalue weighted by Gasteiger charge is -2.30. The van der Waals surface area contributed by atoms with Crippen LogP contribution in [-0.4, -0.2) is 66.3 Å². The Bertz CT molecular complexity index is 303. The maximum Gasteiger partial charge on any atom is 0.318 e. The van der Waals surface area contributed by atoms with Gasteiger partial charge in [0.1, 0.15) is 0 Å². The molecule has 2 amide bonds. The number of hydrogen-bond acceptors (Lipinski definition) is 3. The second-order valence-electron chi connectivity index (χ2n) is 6.24. The van der Waals surface area contributed by atoms with Crippen molar-refractivity contribution in [2.24, 2.45) is 0 Å². The third kappa shape index (κ3) is 4.08. The molecule has 0 spiro atoms. The summed E-state index contributed by atoms with van der Waals surface area (Å²) in [5.74, 6) is 0. The quantitative estimate of drug-likeness (QED) is 0.804. The Morgan fingerprint density at radius 1 is 1.32 bits per heavy atom. The Morgan fingerprint density at radius 3 is 2.63 bits per heavy atom. The van der Waals surface area contributed by atoms with Gasteiger partial charge in [-0.3, -0.25) is 0 Å². The van der Waals surface area contributed by atoms with Crippen LogP contribution in [0.15, 0.2) is 0 Å². The van der Waals surface area contributed by atoms with Gasteiger partial charge in [0.05, 0.1) is 6.10 Å². The standard InChI is InChI=1S/C14H27N3O2/c1-16(2)9-12-8-13(18)10-17(12)14(19)15-11-6-4-3-5-7-11/h11-13,18H,3-10H2,1-2H3,(H,15,19). The molecule has 0 aromatic rings. The van der Waals surface area contributed by atoms with Crippen LogP contribution >= 0.6 is 0 Å². The van der Waals surface area contributed by atoms with E-state index in [1.54, 1.807) is 0 Å².